The Hall–Kier alpha value is -0.820. The summed E-state index contributed by atoms with van der Waals surface area (Å²) in [5.41, 5.74) is 9.68. The van der Waals surface area contributed by atoms with Crippen LogP contribution >= 0.6 is 0 Å². The van der Waals surface area contributed by atoms with Gasteiger partial charge in [-0.25, -0.2) is 0 Å². The van der Waals surface area contributed by atoms with Gasteiger partial charge in [0.25, 0.3) is 0 Å². The van der Waals surface area contributed by atoms with Gasteiger partial charge in [0, 0.05) is 6.04 Å². The maximum absolute atomic E-state index is 5.82. The van der Waals surface area contributed by atoms with E-state index in [9.17, 15) is 0 Å². The molecule has 0 heterocycles. The Morgan fingerprint density at radius 2 is 1.64 bits per heavy atom. The zero-order valence-electron chi connectivity index (χ0n) is 7.39. The number of benzene rings is 1. The smallest absolute Gasteiger partial charge is 0.0271 e. The molecule has 0 fully saturated rings. The molecule has 0 bridgehead atoms. The van der Waals surface area contributed by atoms with Crippen LogP contribution in [-0.2, 0) is 0 Å². The first-order valence-electron chi connectivity index (χ1n) is 3.94. The largest absolute Gasteiger partial charge is 0.324 e. The lowest BCUT2D eigenvalue weighted by molar-refractivity contribution is 0.801. The van der Waals surface area contributed by atoms with Crippen LogP contribution in [-0.4, -0.2) is 0 Å². The van der Waals surface area contributed by atoms with Crippen LogP contribution < -0.4 is 5.73 Å². The Kier molecular flexibility index (Phi) is 2.30. The van der Waals surface area contributed by atoms with Crippen molar-refractivity contribution in [2.24, 2.45) is 5.73 Å². The van der Waals surface area contributed by atoms with Crippen molar-refractivity contribution in [3.63, 3.8) is 0 Å². The van der Waals surface area contributed by atoms with Gasteiger partial charge in [0.2, 0.25) is 0 Å². The van der Waals surface area contributed by atoms with E-state index in [0.29, 0.717) is 0 Å². The highest BCUT2D eigenvalue weighted by molar-refractivity contribution is 5.35. The fraction of sp³-hybridized carbons (Fsp3) is 0.400. The van der Waals surface area contributed by atoms with Gasteiger partial charge < -0.3 is 5.73 Å². The summed E-state index contributed by atoms with van der Waals surface area (Å²) in [6.07, 6.45) is 0. The van der Waals surface area contributed by atoms with Crippen LogP contribution in [0.5, 0.6) is 0 Å². The minimum absolute atomic E-state index is 0.149. The van der Waals surface area contributed by atoms with Crippen LogP contribution in [0.2, 0.25) is 0 Å². The second-order valence-electron chi connectivity index (χ2n) is 3.09. The first-order valence-corrected chi connectivity index (χ1v) is 3.94. The molecule has 1 heteroatoms. The highest BCUT2D eigenvalue weighted by Crippen LogP contribution is 2.18. The second kappa shape index (κ2) is 3.05. The van der Waals surface area contributed by atoms with Gasteiger partial charge in [0.05, 0.1) is 0 Å². The molecule has 0 spiro atoms. The van der Waals surface area contributed by atoms with Gasteiger partial charge in [0.15, 0.2) is 0 Å². The molecule has 1 aromatic carbocycles. The molecule has 1 aromatic rings. The summed E-state index contributed by atoms with van der Waals surface area (Å²) in [5.74, 6) is 0. The molecule has 1 rings (SSSR count). The minimum Gasteiger partial charge on any atom is -0.324 e. The van der Waals surface area contributed by atoms with Crippen LogP contribution in [0, 0.1) is 13.8 Å². The molecule has 1 unspecified atom stereocenters. The number of rotatable bonds is 1. The van der Waals surface area contributed by atoms with E-state index in [1.54, 1.807) is 0 Å². The van der Waals surface area contributed by atoms with Crippen LogP contribution in [0.15, 0.2) is 18.2 Å². The second-order valence-corrected chi connectivity index (χ2v) is 3.09. The van der Waals surface area contributed by atoms with Gasteiger partial charge in [-0.1, -0.05) is 18.2 Å². The van der Waals surface area contributed by atoms with Crippen LogP contribution in [0.25, 0.3) is 0 Å². The summed E-state index contributed by atoms with van der Waals surface area (Å²) < 4.78 is 0. The molecule has 0 amide bonds. The average molecular weight is 149 g/mol. The van der Waals surface area contributed by atoms with Crippen molar-refractivity contribution in [1.82, 2.24) is 0 Å². The molecule has 0 saturated heterocycles. The highest BCUT2D eigenvalue weighted by Gasteiger charge is 2.04. The monoisotopic (exact) mass is 149 g/mol. The number of nitrogens with two attached hydrogens (primary N) is 1. The summed E-state index contributed by atoms with van der Waals surface area (Å²) in [5, 5.41) is 0. The Bertz CT molecular complexity index is 231. The molecule has 1 nitrogen and oxygen atoms in total. The van der Waals surface area contributed by atoms with Crippen LogP contribution in [0.3, 0.4) is 0 Å². The number of aryl methyl sites for hydroxylation is 2. The summed E-state index contributed by atoms with van der Waals surface area (Å²) in [6.45, 7) is 6.23. The molecule has 0 aliphatic carbocycles. The van der Waals surface area contributed by atoms with Crippen molar-refractivity contribution in [2.75, 3.05) is 0 Å². The lowest BCUT2D eigenvalue weighted by Crippen LogP contribution is -2.08. The molecule has 0 aromatic heterocycles. The quantitative estimate of drug-likeness (QED) is 0.651. The molecule has 0 saturated carbocycles. The van der Waals surface area contributed by atoms with E-state index >= 15 is 0 Å². The first-order chi connectivity index (χ1) is 5.13. The Morgan fingerprint density at radius 1 is 1.18 bits per heavy atom. The van der Waals surface area contributed by atoms with Gasteiger partial charge in [-0.05, 0) is 37.5 Å². The first kappa shape index (κ1) is 8.28. The standard InChI is InChI=1S/C10H15N/c1-7-5-4-6-8(2)10(7)9(3)11/h4-6,9H,11H2,1-3H3. The lowest BCUT2D eigenvalue weighted by Gasteiger charge is -2.12. The van der Waals surface area contributed by atoms with Gasteiger partial charge in [-0.15, -0.1) is 0 Å². The molecule has 1 atom stereocenters. The predicted octanol–water partition coefficient (Wildman–Crippen LogP) is 2.32. The Balaban J connectivity index is 3.21. The van der Waals surface area contributed by atoms with Gasteiger partial charge in [-0.3, -0.25) is 0 Å². The predicted molar refractivity (Wildman–Crippen MR) is 48.5 cm³/mol. The molecule has 11 heavy (non-hydrogen) atoms. The Morgan fingerprint density at radius 3 is 1.91 bits per heavy atom. The third-order valence-corrected chi connectivity index (χ3v) is 2.00. The summed E-state index contributed by atoms with van der Waals surface area (Å²) in [4.78, 5) is 0. The van der Waals surface area contributed by atoms with E-state index in [0.717, 1.165) is 0 Å². The Labute approximate surface area is 68.2 Å². The normalized spacial score (nSPS) is 13.1. The molecule has 0 aliphatic rings. The van der Waals surface area contributed by atoms with E-state index < -0.39 is 0 Å². The third kappa shape index (κ3) is 1.60. The van der Waals surface area contributed by atoms with E-state index in [1.165, 1.54) is 16.7 Å². The van der Waals surface area contributed by atoms with Gasteiger partial charge in [-0.2, -0.15) is 0 Å². The molecule has 60 valence electrons. The van der Waals surface area contributed by atoms with E-state index in [2.05, 4.69) is 32.0 Å². The highest BCUT2D eigenvalue weighted by atomic mass is 14.6. The maximum atomic E-state index is 5.82. The summed E-state index contributed by atoms with van der Waals surface area (Å²) in [6, 6.07) is 6.42. The fourth-order valence-electron chi connectivity index (χ4n) is 1.55. The number of hydrogen-bond acceptors (Lipinski definition) is 1. The average Bonchev–Trinajstić information content (AvgIpc) is 1.85. The summed E-state index contributed by atoms with van der Waals surface area (Å²) in [7, 11) is 0. The minimum atomic E-state index is 0.149. The molecule has 0 aliphatic heterocycles. The number of hydrogen-bond donors (Lipinski definition) is 1. The van der Waals surface area contributed by atoms with Crippen molar-refractivity contribution in [3.8, 4) is 0 Å². The van der Waals surface area contributed by atoms with Crippen molar-refractivity contribution in [2.45, 2.75) is 26.8 Å². The van der Waals surface area contributed by atoms with Crippen molar-refractivity contribution in [3.05, 3.63) is 34.9 Å². The molecular formula is C10H15N. The van der Waals surface area contributed by atoms with Crippen LogP contribution in [0.4, 0.5) is 0 Å². The van der Waals surface area contributed by atoms with Crippen molar-refractivity contribution in [1.29, 1.82) is 0 Å². The topological polar surface area (TPSA) is 26.0 Å². The van der Waals surface area contributed by atoms with Gasteiger partial charge in [0.1, 0.15) is 0 Å². The van der Waals surface area contributed by atoms with E-state index in [-0.39, 0.29) is 6.04 Å². The molecular weight excluding hydrogens is 134 g/mol. The van der Waals surface area contributed by atoms with Crippen molar-refractivity contribution >= 4 is 0 Å². The fourth-order valence-corrected chi connectivity index (χ4v) is 1.55. The van der Waals surface area contributed by atoms with E-state index in [4.69, 9.17) is 5.73 Å². The van der Waals surface area contributed by atoms with Crippen LogP contribution in [0.1, 0.15) is 29.7 Å². The van der Waals surface area contributed by atoms with E-state index in [1.807, 2.05) is 6.92 Å². The third-order valence-electron chi connectivity index (χ3n) is 2.00. The molecule has 2 N–H and O–H groups in total. The van der Waals surface area contributed by atoms with Gasteiger partial charge >= 0.3 is 0 Å². The van der Waals surface area contributed by atoms with Crippen molar-refractivity contribution < 1.29 is 0 Å². The zero-order valence-corrected chi connectivity index (χ0v) is 7.39. The summed E-state index contributed by atoms with van der Waals surface area (Å²) >= 11 is 0. The SMILES string of the molecule is Cc1cccc(C)c1C(C)N. The lowest BCUT2D eigenvalue weighted by atomic mass is 9.98. The zero-order chi connectivity index (χ0) is 8.43. The molecule has 0 radical (unpaired) electrons. The maximum Gasteiger partial charge on any atom is 0.0271 e.